The molecule has 0 bridgehead atoms. The molecule has 56 valence electrons. The highest BCUT2D eigenvalue weighted by Gasteiger charge is 2.16. The van der Waals surface area contributed by atoms with Crippen LogP contribution in [0.15, 0.2) is 17.1 Å². The second kappa shape index (κ2) is 2.86. The van der Waals surface area contributed by atoms with Gasteiger partial charge in [-0.25, -0.2) is 4.99 Å². The Morgan fingerprint density at radius 2 is 2.60 bits per heavy atom. The summed E-state index contributed by atoms with van der Waals surface area (Å²) in [4.78, 5) is 4.30. The molecule has 0 amide bonds. The van der Waals surface area contributed by atoms with E-state index in [1.54, 1.807) is 0 Å². The van der Waals surface area contributed by atoms with E-state index in [2.05, 4.69) is 18.5 Å². The van der Waals surface area contributed by atoms with Gasteiger partial charge in [0.05, 0.1) is 6.04 Å². The molecule has 0 saturated carbocycles. The Hall–Kier alpha value is -0.790. The van der Waals surface area contributed by atoms with Crippen molar-refractivity contribution in [3.05, 3.63) is 12.2 Å². The lowest BCUT2D eigenvalue weighted by Crippen LogP contribution is -2.03. The SMILES string of the molecule is C=C(C)C1=NC(CC)CO1. The van der Waals surface area contributed by atoms with Gasteiger partial charge in [0.1, 0.15) is 6.61 Å². The zero-order valence-electron chi connectivity index (χ0n) is 6.55. The highest BCUT2D eigenvalue weighted by molar-refractivity contribution is 5.93. The van der Waals surface area contributed by atoms with Crippen LogP contribution in [-0.4, -0.2) is 18.5 Å². The van der Waals surface area contributed by atoms with Crippen LogP contribution in [0.1, 0.15) is 20.3 Å². The molecule has 0 spiro atoms. The van der Waals surface area contributed by atoms with Crippen LogP contribution in [0.5, 0.6) is 0 Å². The molecule has 0 aliphatic carbocycles. The summed E-state index contributed by atoms with van der Waals surface area (Å²) in [5.74, 6) is 0.742. The number of hydrogen-bond acceptors (Lipinski definition) is 2. The van der Waals surface area contributed by atoms with E-state index in [1.807, 2.05) is 6.92 Å². The lowest BCUT2D eigenvalue weighted by molar-refractivity contribution is 0.314. The van der Waals surface area contributed by atoms with Crippen LogP contribution < -0.4 is 0 Å². The molecule has 0 saturated heterocycles. The first-order chi connectivity index (χ1) is 4.74. The van der Waals surface area contributed by atoms with Crippen molar-refractivity contribution in [2.75, 3.05) is 6.61 Å². The minimum absolute atomic E-state index is 0.367. The van der Waals surface area contributed by atoms with Crippen molar-refractivity contribution in [1.82, 2.24) is 0 Å². The summed E-state index contributed by atoms with van der Waals surface area (Å²) in [6.45, 7) is 8.51. The van der Waals surface area contributed by atoms with Crippen molar-refractivity contribution in [2.45, 2.75) is 26.3 Å². The van der Waals surface area contributed by atoms with Crippen LogP contribution in [0.3, 0.4) is 0 Å². The molecule has 0 N–H and O–H groups in total. The molecule has 2 nitrogen and oxygen atoms in total. The minimum atomic E-state index is 0.367. The molecule has 0 aromatic heterocycles. The average molecular weight is 139 g/mol. The Kier molecular flexibility index (Phi) is 2.10. The standard InChI is InChI=1S/C8H13NO/c1-4-7-5-10-8(9-7)6(2)3/h7H,2,4-5H2,1,3H3. The number of ether oxygens (including phenoxy) is 1. The van der Waals surface area contributed by atoms with Gasteiger partial charge in [0.25, 0.3) is 0 Å². The van der Waals surface area contributed by atoms with Crippen LogP contribution >= 0.6 is 0 Å². The van der Waals surface area contributed by atoms with Crippen molar-refractivity contribution < 1.29 is 4.74 Å². The van der Waals surface area contributed by atoms with E-state index in [4.69, 9.17) is 4.74 Å². The molecule has 2 heteroatoms. The fraction of sp³-hybridized carbons (Fsp3) is 0.625. The summed E-state index contributed by atoms with van der Waals surface area (Å²) in [5.41, 5.74) is 0.927. The molecule has 1 atom stereocenters. The van der Waals surface area contributed by atoms with Crippen LogP contribution in [0, 0.1) is 0 Å². The van der Waals surface area contributed by atoms with E-state index in [-0.39, 0.29) is 0 Å². The van der Waals surface area contributed by atoms with Crippen molar-refractivity contribution in [1.29, 1.82) is 0 Å². The lowest BCUT2D eigenvalue weighted by atomic mass is 10.3. The average Bonchev–Trinajstić information content (AvgIpc) is 2.34. The highest BCUT2D eigenvalue weighted by Crippen LogP contribution is 2.11. The van der Waals surface area contributed by atoms with E-state index in [1.165, 1.54) is 0 Å². The molecule has 1 unspecified atom stereocenters. The Bertz CT molecular complexity index is 172. The fourth-order valence-electron chi connectivity index (χ4n) is 0.858. The normalized spacial score (nSPS) is 23.8. The van der Waals surface area contributed by atoms with Gasteiger partial charge in [0.2, 0.25) is 5.90 Å². The van der Waals surface area contributed by atoms with E-state index >= 15 is 0 Å². The summed E-state index contributed by atoms with van der Waals surface area (Å²) in [6.07, 6.45) is 1.05. The molecule has 10 heavy (non-hydrogen) atoms. The molecule has 0 aromatic rings. The van der Waals surface area contributed by atoms with Gasteiger partial charge >= 0.3 is 0 Å². The largest absolute Gasteiger partial charge is 0.475 e. The number of nitrogens with zero attached hydrogens (tertiary/aromatic N) is 1. The highest BCUT2D eigenvalue weighted by atomic mass is 16.5. The first-order valence-corrected chi connectivity index (χ1v) is 3.60. The van der Waals surface area contributed by atoms with Crippen LogP contribution in [-0.2, 0) is 4.74 Å². The van der Waals surface area contributed by atoms with Gasteiger partial charge in [0, 0.05) is 5.57 Å². The van der Waals surface area contributed by atoms with Gasteiger partial charge in [-0.2, -0.15) is 0 Å². The molecule has 0 radical (unpaired) electrons. The third kappa shape index (κ3) is 1.38. The second-order valence-corrected chi connectivity index (χ2v) is 2.59. The first kappa shape index (κ1) is 7.32. The van der Waals surface area contributed by atoms with Crippen LogP contribution in [0.2, 0.25) is 0 Å². The predicted molar refractivity (Wildman–Crippen MR) is 42.3 cm³/mol. The molecule has 0 aromatic carbocycles. The molecule has 1 aliphatic heterocycles. The Morgan fingerprint density at radius 1 is 1.90 bits per heavy atom. The lowest BCUT2D eigenvalue weighted by Gasteiger charge is -1.97. The van der Waals surface area contributed by atoms with Gasteiger partial charge in [-0.1, -0.05) is 13.5 Å². The number of aliphatic imine (C=N–C) groups is 1. The molecule has 1 aliphatic rings. The van der Waals surface area contributed by atoms with Gasteiger partial charge < -0.3 is 4.74 Å². The van der Waals surface area contributed by atoms with Gasteiger partial charge in [-0.15, -0.1) is 0 Å². The first-order valence-electron chi connectivity index (χ1n) is 3.60. The maximum Gasteiger partial charge on any atom is 0.211 e. The van der Waals surface area contributed by atoms with Gasteiger partial charge in [-0.3, -0.25) is 0 Å². The zero-order chi connectivity index (χ0) is 7.56. The summed E-state index contributed by atoms with van der Waals surface area (Å²) in [7, 11) is 0. The number of rotatable bonds is 2. The van der Waals surface area contributed by atoms with Gasteiger partial charge in [0.15, 0.2) is 0 Å². The molecule has 1 rings (SSSR count). The summed E-state index contributed by atoms with van der Waals surface area (Å²) >= 11 is 0. The summed E-state index contributed by atoms with van der Waals surface area (Å²) in [6, 6.07) is 0.367. The van der Waals surface area contributed by atoms with E-state index in [0.29, 0.717) is 6.04 Å². The van der Waals surface area contributed by atoms with Crippen molar-refractivity contribution in [3.8, 4) is 0 Å². The van der Waals surface area contributed by atoms with Crippen molar-refractivity contribution >= 4 is 5.90 Å². The van der Waals surface area contributed by atoms with Crippen LogP contribution in [0.25, 0.3) is 0 Å². The van der Waals surface area contributed by atoms with E-state index in [0.717, 1.165) is 24.5 Å². The van der Waals surface area contributed by atoms with Crippen molar-refractivity contribution in [3.63, 3.8) is 0 Å². The Morgan fingerprint density at radius 3 is 2.90 bits per heavy atom. The topological polar surface area (TPSA) is 21.6 Å². The smallest absolute Gasteiger partial charge is 0.211 e. The van der Waals surface area contributed by atoms with E-state index < -0.39 is 0 Å². The minimum Gasteiger partial charge on any atom is -0.475 e. The third-order valence-corrected chi connectivity index (χ3v) is 1.55. The number of hydrogen-bond donors (Lipinski definition) is 0. The predicted octanol–water partition coefficient (Wildman–Crippen LogP) is 1.77. The Labute approximate surface area is 61.6 Å². The summed E-state index contributed by atoms with van der Waals surface area (Å²) < 4.78 is 5.27. The summed E-state index contributed by atoms with van der Waals surface area (Å²) in [5, 5.41) is 0. The third-order valence-electron chi connectivity index (χ3n) is 1.55. The van der Waals surface area contributed by atoms with E-state index in [9.17, 15) is 0 Å². The van der Waals surface area contributed by atoms with Crippen LogP contribution in [0.4, 0.5) is 0 Å². The molecular formula is C8H13NO. The maximum absolute atomic E-state index is 5.27. The maximum atomic E-state index is 5.27. The zero-order valence-corrected chi connectivity index (χ0v) is 6.55. The fourth-order valence-corrected chi connectivity index (χ4v) is 0.858. The van der Waals surface area contributed by atoms with Gasteiger partial charge in [-0.05, 0) is 13.3 Å². The Balaban J connectivity index is 2.57. The second-order valence-electron chi connectivity index (χ2n) is 2.59. The van der Waals surface area contributed by atoms with Crippen molar-refractivity contribution in [2.24, 2.45) is 4.99 Å². The quantitative estimate of drug-likeness (QED) is 0.571. The molecule has 1 heterocycles. The monoisotopic (exact) mass is 139 g/mol. The molecular weight excluding hydrogens is 126 g/mol. The molecule has 0 fully saturated rings.